The second-order valence-corrected chi connectivity index (χ2v) is 4.02. The van der Waals surface area contributed by atoms with Crippen molar-refractivity contribution in [3.63, 3.8) is 0 Å². The highest BCUT2D eigenvalue weighted by Gasteiger charge is 2.38. The maximum atomic E-state index is 13.2. The zero-order valence-electron chi connectivity index (χ0n) is 10.1. The quantitative estimate of drug-likeness (QED) is 0.890. The number of cyclic esters (lactones) is 1. The van der Waals surface area contributed by atoms with Crippen LogP contribution in [-0.4, -0.2) is 41.8 Å². The van der Waals surface area contributed by atoms with E-state index in [-0.39, 0.29) is 13.2 Å². The molecule has 0 radical (unpaired) electrons. The number of carbonyl (C=O) groups excluding carboxylic acids is 1. The van der Waals surface area contributed by atoms with E-state index in [9.17, 15) is 14.0 Å². The molecule has 0 aromatic heterocycles. The van der Waals surface area contributed by atoms with Crippen molar-refractivity contribution >= 4 is 12.1 Å². The third-order valence-electron chi connectivity index (χ3n) is 2.84. The van der Waals surface area contributed by atoms with Crippen LogP contribution >= 0.6 is 0 Å². The third-order valence-corrected chi connectivity index (χ3v) is 2.84. The maximum absolute atomic E-state index is 13.2. The molecule has 1 N–H and O–H groups in total. The van der Waals surface area contributed by atoms with Crippen molar-refractivity contribution in [1.82, 2.24) is 4.90 Å². The molecule has 1 unspecified atom stereocenters. The third kappa shape index (κ3) is 2.59. The van der Waals surface area contributed by atoms with Crippen molar-refractivity contribution < 1.29 is 28.6 Å². The lowest BCUT2D eigenvalue weighted by Crippen LogP contribution is -2.38. The summed E-state index contributed by atoms with van der Waals surface area (Å²) in [6.45, 7) is -0.303. The van der Waals surface area contributed by atoms with Crippen LogP contribution in [0.1, 0.15) is 5.56 Å². The van der Waals surface area contributed by atoms with Gasteiger partial charge >= 0.3 is 12.1 Å². The fourth-order valence-electron chi connectivity index (χ4n) is 1.88. The monoisotopic (exact) mass is 269 g/mol. The molecule has 6 nitrogen and oxygen atoms in total. The first-order valence-corrected chi connectivity index (χ1v) is 5.51. The number of rotatable bonds is 4. The Morgan fingerprint density at radius 2 is 2.37 bits per heavy atom. The van der Waals surface area contributed by atoms with E-state index in [0.29, 0.717) is 11.3 Å². The minimum atomic E-state index is -1.17. The molecule has 102 valence electrons. The molecule has 19 heavy (non-hydrogen) atoms. The number of carboxylic acids is 1. The number of hydrogen-bond donors (Lipinski definition) is 1. The Morgan fingerprint density at radius 1 is 1.63 bits per heavy atom. The van der Waals surface area contributed by atoms with Gasteiger partial charge in [-0.2, -0.15) is 0 Å². The molecule has 1 atom stereocenters. The summed E-state index contributed by atoms with van der Waals surface area (Å²) < 4.78 is 22.9. The first-order valence-electron chi connectivity index (χ1n) is 5.51. The smallest absolute Gasteiger partial charge is 0.411 e. The van der Waals surface area contributed by atoms with Crippen LogP contribution in [-0.2, 0) is 16.1 Å². The number of hydrogen-bond acceptors (Lipinski definition) is 4. The van der Waals surface area contributed by atoms with Crippen LogP contribution < -0.4 is 4.74 Å². The maximum Gasteiger partial charge on any atom is 0.411 e. The van der Waals surface area contributed by atoms with E-state index in [4.69, 9.17) is 9.84 Å². The van der Waals surface area contributed by atoms with Crippen LogP contribution in [0, 0.1) is 5.82 Å². The summed E-state index contributed by atoms with van der Waals surface area (Å²) in [7, 11) is 1.41. The zero-order chi connectivity index (χ0) is 14.0. The molecule has 1 heterocycles. The number of methoxy groups -OCH3 is 1. The van der Waals surface area contributed by atoms with Crippen molar-refractivity contribution in [2.24, 2.45) is 0 Å². The summed E-state index contributed by atoms with van der Waals surface area (Å²) in [5.41, 5.74) is 0.382. The largest absolute Gasteiger partial charge is 0.496 e. The van der Waals surface area contributed by atoms with Crippen LogP contribution in [0.3, 0.4) is 0 Å². The van der Waals surface area contributed by atoms with Gasteiger partial charge in [-0.05, 0) is 18.2 Å². The molecule has 1 amide bonds. The zero-order valence-corrected chi connectivity index (χ0v) is 10.1. The van der Waals surface area contributed by atoms with Gasteiger partial charge in [-0.1, -0.05) is 0 Å². The van der Waals surface area contributed by atoms with Gasteiger partial charge in [0.05, 0.1) is 13.7 Å². The van der Waals surface area contributed by atoms with E-state index in [0.717, 1.165) is 4.90 Å². The van der Waals surface area contributed by atoms with Gasteiger partial charge in [0, 0.05) is 5.56 Å². The van der Waals surface area contributed by atoms with E-state index < -0.39 is 23.9 Å². The van der Waals surface area contributed by atoms with Gasteiger partial charge in [0.2, 0.25) is 0 Å². The average Bonchev–Trinajstić information content (AvgIpc) is 2.72. The van der Waals surface area contributed by atoms with Crippen LogP contribution in [0.25, 0.3) is 0 Å². The first kappa shape index (κ1) is 13.1. The summed E-state index contributed by atoms with van der Waals surface area (Å²) in [6.07, 6.45) is -0.737. The molecule has 1 aliphatic heterocycles. The molecule has 1 fully saturated rings. The molecular formula is C12H12FNO5. The molecule has 7 heteroatoms. The second-order valence-electron chi connectivity index (χ2n) is 4.02. The number of carbonyl (C=O) groups is 2. The summed E-state index contributed by atoms with van der Waals surface area (Å²) in [4.78, 5) is 23.5. The van der Waals surface area contributed by atoms with E-state index in [2.05, 4.69) is 4.74 Å². The van der Waals surface area contributed by atoms with Crippen LogP contribution in [0.2, 0.25) is 0 Å². The van der Waals surface area contributed by atoms with Gasteiger partial charge in [-0.25, -0.2) is 14.0 Å². The normalized spacial score (nSPS) is 18.3. The number of nitrogens with zero attached hydrogens (tertiary/aromatic N) is 1. The number of amides is 1. The highest BCUT2D eigenvalue weighted by atomic mass is 19.1. The van der Waals surface area contributed by atoms with Crippen molar-refractivity contribution in [3.8, 4) is 5.75 Å². The van der Waals surface area contributed by atoms with E-state index >= 15 is 0 Å². The molecule has 1 aromatic carbocycles. The number of aliphatic carboxylic acids is 1. The van der Waals surface area contributed by atoms with Crippen LogP contribution in [0.5, 0.6) is 5.75 Å². The molecule has 0 saturated carbocycles. The van der Waals surface area contributed by atoms with Crippen molar-refractivity contribution in [2.75, 3.05) is 13.7 Å². The van der Waals surface area contributed by atoms with Crippen LogP contribution in [0.15, 0.2) is 18.2 Å². The van der Waals surface area contributed by atoms with E-state index in [1.165, 1.54) is 25.3 Å². The summed E-state index contributed by atoms with van der Waals surface area (Å²) >= 11 is 0. The van der Waals surface area contributed by atoms with Crippen molar-refractivity contribution in [1.29, 1.82) is 0 Å². The molecule has 0 bridgehead atoms. The van der Waals surface area contributed by atoms with E-state index in [1.807, 2.05) is 0 Å². The second kappa shape index (κ2) is 5.13. The number of ether oxygens (including phenoxy) is 2. The fourth-order valence-corrected chi connectivity index (χ4v) is 1.88. The predicted molar refractivity (Wildman–Crippen MR) is 61.3 cm³/mol. The number of benzene rings is 1. The predicted octanol–water partition coefficient (Wildman–Crippen LogP) is 1.24. The van der Waals surface area contributed by atoms with Gasteiger partial charge in [0.15, 0.2) is 6.04 Å². The van der Waals surface area contributed by atoms with Gasteiger partial charge in [-0.15, -0.1) is 0 Å². The number of halogens is 1. The van der Waals surface area contributed by atoms with Gasteiger partial charge in [0.1, 0.15) is 18.2 Å². The number of carboxylic acid groups (broad SMARTS) is 1. The lowest BCUT2D eigenvalue weighted by Gasteiger charge is -2.19. The Labute approximate surface area is 108 Å². The Balaban J connectivity index is 2.26. The Kier molecular flexibility index (Phi) is 3.55. The lowest BCUT2D eigenvalue weighted by atomic mass is 10.1. The Hall–Kier alpha value is -2.31. The SMILES string of the molecule is COc1ccc(F)cc1CN1C(=O)OCC1C(=O)O. The van der Waals surface area contributed by atoms with Crippen molar-refractivity contribution in [3.05, 3.63) is 29.6 Å². The lowest BCUT2D eigenvalue weighted by molar-refractivity contribution is -0.141. The Morgan fingerprint density at radius 3 is 3.00 bits per heavy atom. The molecule has 0 spiro atoms. The minimum absolute atomic E-state index is 0.0866. The highest BCUT2D eigenvalue weighted by Crippen LogP contribution is 2.24. The molecule has 1 aliphatic rings. The Bertz CT molecular complexity index is 519. The van der Waals surface area contributed by atoms with Gasteiger partial charge < -0.3 is 14.6 Å². The highest BCUT2D eigenvalue weighted by molar-refractivity contribution is 5.83. The molecule has 0 aliphatic carbocycles. The molecular weight excluding hydrogens is 257 g/mol. The summed E-state index contributed by atoms with van der Waals surface area (Å²) in [5, 5.41) is 8.98. The standard InChI is InChI=1S/C12H12FNO5/c1-18-10-3-2-8(13)4-7(10)5-14-9(11(15)16)6-19-12(14)17/h2-4,9H,5-6H2,1H3,(H,15,16). The molecule has 1 aromatic rings. The minimum Gasteiger partial charge on any atom is -0.496 e. The molecule has 1 saturated heterocycles. The molecule has 2 rings (SSSR count). The van der Waals surface area contributed by atoms with Crippen LogP contribution in [0.4, 0.5) is 9.18 Å². The summed E-state index contributed by atoms with van der Waals surface area (Å²) in [6, 6.07) is 2.77. The van der Waals surface area contributed by atoms with Crippen molar-refractivity contribution in [2.45, 2.75) is 12.6 Å². The van der Waals surface area contributed by atoms with E-state index in [1.54, 1.807) is 0 Å². The summed E-state index contributed by atoms with van der Waals surface area (Å²) in [5.74, 6) is -1.28. The first-order chi connectivity index (χ1) is 9.02. The van der Waals surface area contributed by atoms with Gasteiger partial charge in [-0.3, -0.25) is 4.90 Å². The average molecular weight is 269 g/mol. The topological polar surface area (TPSA) is 76.1 Å². The fraction of sp³-hybridized carbons (Fsp3) is 0.333. The van der Waals surface area contributed by atoms with Gasteiger partial charge in [0.25, 0.3) is 0 Å².